The van der Waals surface area contributed by atoms with E-state index in [0.717, 1.165) is 24.1 Å². The summed E-state index contributed by atoms with van der Waals surface area (Å²) in [5.41, 5.74) is 1.86. The van der Waals surface area contributed by atoms with Crippen LogP contribution < -0.4 is 5.32 Å². The lowest BCUT2D eigenvalue weighted by Crippen LogP contribution is -2.15. The molecule has 0 fully saturated rings. The molecule has 0 bridgehead atoms. The molecule has 3 nitrogen and oxygen atoms in total. The van der Waals surface area contributed by atoms with E-state index in [1.807, 2.05) is 31.2 Å². The number of aryl methyl sites for hydroxylation is 1. The van der Waals surface area contributed by atoms with E-state index in [9.17, 15) is 4.79 Å². The Bertz CT molecular complexity index is 404. The number of ether oxygens (including phenoxy) is 1. The molecule has 0 radical (unpaired) electrons. The molecular formula is C18H29NO2. The van der Waals surface area contributed by atoms with Crippen LogP contribution in [-0.4, -0.2) is 12.7 Å². The molecule has 0 spiro atoms. The summed E-state index contributed by atoms with van der Waals surface area (Å²) >= 11 is 0. The van der Waals surface area contributed by atoms with E-state index in [0.29, 0.717) is 6.61 Å². The van der Waals surface area contributed by atoms with Crippen LogP contribution in [0.25, 0.3) is 0 Å². The topological polar surface area (TPSA) is 38.3 Å². The SMILES string of the molecule is CCCCCCCCCCOC(=O)Nc1ccccc1C. The molecule has 118 valence electrons. The van der Waals surface area contributed by atoms with Crippen LogP contribution in [0.2, 0.25) is 0 Å². The van der Waals surface area contributed by atoms with Crippen LogP contribution in [0.3, 0.4) is 0 Å². The zero-order chi connectivity index (χ0) is 15.3. The Labute approximate surface area is 129 Å². The molecular weight excluding hydrogens is 262 g/mol. The van der Waals surface area contributed by atoms with Crippen LogP contribution >= 0.6 is 0 Å². The summed E-state index contributed by atoms with van der Waals surface area (Å²) in [5, 5.41) is 2.77. The number of hydrogen-bond acceptors (Lipinski definition) is 2. The highest BCUT2D eigenvalue weighted by Crippen LogP contribution is 2.13. The van der Waals surface area contributed by atoms with Crippen molar-refractivity contribution in [3.05, 3.63) is 29.8 Å². The Kier molecular flexibility index (Phi) is 9.34. The average molecular weight is 291 g/mol. The van der Waals surface area contributed by atoms with E-state index < -0.39 is 0 Å². The third kappa shape index (κ3) is 8.38. The maximum Gasteiger partial charge on any atom is 0.411 e. The summed E-state index contributed by atoms with van der Waals surface area (Å²) in [5.74, 6) is 0. The minimum Gasteiger partial charge on any atom is -0.449 e. The second kappa shape index (κ2) is 11.2. The van der Waals surface area contributed by atoms with Gasteiger partial charge in [0.05, 0.1) is 6.61 Å². The number of carbonyl (C=O) groups excluding carboxylic acids is 1. The first-order valence-electron chi connectivity index (χ1n) is 8.23. The van der Waals surface area contributed by atoms with E-state index in [-0.39, 0.29) is 6.09 Å². The van der Waals surface area contributed by atoms with E-state index in [2.05, 4.69) is 12.2 Å². The molecule has 3 heteroatoms. The minimum absolute atomic E-state index is 0.354. The molecule has 0 aliphatic carbocycles. The third-order valence-electron chi connectivity index (χ3n) is 3.61. The Balaban J connectivity index is 2.00. The number of benzene rings is 1. The maximum atomic E-state index is 11.6. The highest BCUT2D eigenvalue weighted by atomic mass is 16.5. The van der Waals surface area contributed by atoms with Crippen molar-refractivity contribution in [3.8, 4) is 0 Å². The lowest BCUT2D eigenvalue weighted by atomic mass is 10.1. The maximum absolute atomic E-state index is 11.6. The van der Waals surface area contributed by atoms with Gasteiger partial charge in [0.25, 0.3) is 0 Å². The summed E-state index contributed by atoms with van der Waals surface area (Å²) in [4.78, 5) is 11.6. The quantitative estimate of drug-likeness (QED) is 0.563. The molecule has 21 heavy (non-hydrogen) atoms. The van der Waals surface area contributed by atoms with Gasteiger partial charge in [0.1, 0.15) is 0 Å². The van der Waals surface area contributed by atoms with Gasteiger partial charge in [-0.05, 0) is 25.0 Å². The third-order valence-corrected chi connectivity index (χ3v) is 3.61. The standard InChI is InChI=1S/C18H29NO2/c1-3-4-5-6-7-8-9-12-15-21-18(20)19-17-14-11-10-13-16(17)2/h10-11,13-14H,3-9,12,15H2,1-2H3,(H,19,20). The van der Waals surface area contributed by atoms with E-state index in [4.69, 9.17) is 4.74 Å². The average Bonchev–Trinajstić information content (AvgIpc) is 2.48. The lowest BCUT2D eigenvalue weighted by molar-refractivity contribution is 0.159. The van der Waals surface area contributed by atoms with E-state index >= 15 is 0 Å². The first-order chi connectivity index (χ1) is 10.2. The monoisotopic (exact) mass is 291 g/mol. The van der Waals surface area contributed by atoms with Crippen molar-refractivity contribution in [3.63, 3.8) is 0 Å². The fourth-order valence-corrected chi connectivity index (χ4v) is 2.26. The Morgan fingerprint density at radius 3 is 2.29 bits per heavy atom. The summed E-state index contributed by atoms with van der Waals surface area (Å²) < 4.78 is 5.20. The van der Waals surface area contributed by atoms with Gasteiger partial charge in [-0.15, -0.1) is 0 Å². The van der Waals surface area contributed by atoms with Gasteiger partial charge in [-0.1, -0.05) is 70.1 Å². The van der Waals surface area contributed by atoms with Crippen LogP contribution in [0.5, 0.6) is 0 Å². The Hall–Kier alpha value is -1.51. The van der Waals surface area contributed by atoms with Crippen LogP contribution in [0.1, 0.15) is 63.9 Å². The molecule has 0 unspecified atom stereocenters. The lowest BCUT2D eigenvalue weighted by Gasteiger charge is -2.09. The van der Waals surface area contributed by atoms with Crippen molar-refractivity contribution in [1.29, 1.82) is 0 Å². The highest BCUT2D eigenvalue weighted by molar-refractivity contribution is 5.85. The second-order valence-electron chi connectivity index (χ2n) is 5.55. The van der Waals surface area contributed by atoms with Crippen LogP contribution in [-0.2, 0) is 4.74 Å². The van der Waals surface area contributed by atoms with Gasteiger partial charge >= 0.3 is 6.09 Å². The van der Waals surface area contributed by atoms with Crippen LogP contribution in [0, 0.1) is 6.92 Å². The van der Waals surface area contributed by atoms with Gasteiger partial charge in [0.2, 0.25) is 0 Å². The number of nitrogens with one attached hydrogen (secondary N) is 1. The van der Waals surface area contributed by atoms with Crippen molar-refractivity contribution in [2.24, 2.45) is 0 Å². The molecule has 0 saturated heterocycles. The number of anilines is 1. The smallest absolute Gasteiger partial charge is 0.411 e. The van der Waals surface area contributed by atoms with Gasteiger partial charge in [-0.25, -0.2) is 4.79 Å². The number of unbranched alkanes of at least 4 members (excludes halogenated alkanes) is 7. The highest BCUT2D eigenvalue weighted by Gasteiger charge is 2.04. The summed E-state index contributed by atoms with van der Waals surface area (Å²) in [7, 11) is 0. The van der Waals surface area contributed by atoms with Gasteiger partial charge < -0.3 is 4.74 Å². The predicted octanol–water partition coefficient (Wildman–Crippen LogP) is 5.68. The molecule has 0 heterocycles. The largest absolute Gasteiger partial charge is 0.449 e. The van der Waals surface area contributed by atoms with Crippen molar-refractivity contribution >= 4 is 11.8 Å². The molecule has 1 amide bonds. The van der Waals surface area contributed by atoms with E-state index in [1.54, 1.807) is 0 Å². The molecule has 1 aromatic carbocycles. The van der Waals surface area contributed by atoms with Gasteiger partial charge in [-0.3, -0.25) is 5.32 Å². The number of carbonyl (C=O) groups is 1. The first kappa shape index (κ1) is 17.5. The van der Waals surface area contributed by atoms with Crippen LogP contribution in [0.4, 0.5) is 10.5 Å². The molecule has 1 rings (SSSR count). The number of para-hydroxylation sites is 1. The van der Waals surface area contributed by atoms with Gasteiger partial charge in [0.15, 0.2) is 0 Å². The summed E-state index contributed by atoms with van der Waals surface area (Å²) in [6, 6.07) is 7.70. The Morgan fingerprint density at radius 1 is 1.00 bits per heavy atom. The zero-order valence-electron chi connectivity index (χ0n) is 13.5. The molecule has 0 aliphatic heterocycles. The molecule has 0 aromatic heterocycles. The molecule has 0 saturated carbocycles. The molecule has 1 N–H and O–H groups in total. The fraction of sp³-hybridized carbons (Fsp3) is 0.611. The molecule has 1 aromatic rings. The summed E-state index contributed by atoms with van der Waals surface area (Å²) in [6.45, 7) is 4.71. The van der Waals surface area contributed by atoms with Crippen molar-refractivity contribution in [1.82, 2.24) is 0 Å². The van der Waals surface area contributed by atoms with Crippen molar-refractivity contribution in [2.45, 2.75) is 65.2 Å². The second-order valence-corrected chi connectivity index (χ2v) is 5.55. The molecule has 0 atom stereocenters. The van der Waals surface area contributed by atoms with Crippen LogP contribution in [0.15, 0.2) is 24.3 Å². The number of rotatable bonds is 10. The predicted molar refractivity (Wildman–Crippen MR) is 88.8 cm³/mol. The van der Waals surface area contributed by atoms with Gasteiger partial charge in [0, 0.05) is 5.69 Å². The zero-order valence-corrected chi connectivity index (χ0v) is 13.5. The fourth-order valence-electron chi connectivity index (χ4n) is 2.26. The molecule has 0 aliphatic rings. The van der Waals surface area contributed by atoms with Crippen molar-refractivity contribution < 1.29 is 9.53 Å². The normalized spacial score (nSPS) is 10.4. The summed E-state index contributed by atoms with van der Waals surface area (Å²) in [6.07, 6.45) is 9.62. The van der Waals surface area contributed by atoms with Crippen molar-refractivity contribution in [2.75, 3.05) is 11.9 Å². The first-order valence-corrected chi connectivity index (χ1v) is 8.23. The minimum atomic E-state index is -0.354. The number of hydrogen-bond donors (Lipinski definition) is 1. The Morgan fingerprint density at radius 2 is 1.62 bits per heavy atom. The number of amides is 1. The van der Waals surface area contributed by atoms with Gasteiger partial charge in [-0.2, -0.15) is 0 Å². The van der Waals surface area contributed by atoms with E-state index in [1.165, 1.54) is 38.5 Å².